The van der Waals surface area contributed by atoms with Crippen LogP contribution >= 0.6 is 0 Å². The average Bonchev–Trinajstić information content (AvgIpc) is 2.58. The number of hydrogen-bond donors (Lipinski definition) is 2. The van der Waals surface area contributed by atoms with Crippen LogP contribution in [0.2, 0.25) is 0 Å². The van der Waals surface area contributed by atoms with Crippen molar-refractivity contribution in [1.29, 1.82) is 0 Å². The highest BCUT2D eigenvalue weighted by atomic mass is 19.4. The van der Waals surface area contributed by atoms with E-state index in [1.54, 1.807) is 20.8 Å². The molecular weight excluding hydrogens is 265 g/mol. The SMILES string of the molecule is CC(C)(C)ONC(=O)Nc1ccn(CC(F)(F)F)n1. The van der Waals surface area contributed by atoms with E-state index >= 15 is 0 Å². The van der Waals surface area contributed by atoms with Crippen molar-refractivity contribution in [3.63, 3.8) is 0 Å². The zero-order chi connectivity index (χ0) is 14.7. The van der Waals surface area contributed by atoms with E-state index in [0.717, 1.165) is 6.20 Å². The van der Waals surface area contributed by atoms with Crippen molar-refractivity contribution in [3.8, 4) is 0 Å². The third-order valence-corrected chi connectivity index (χ3v) is 1.67. The van der Waals surface area contributed by atoms with Gasteiger partial charge in [-0.15, -0.1) is 0 Å². The molecule has 9 heteroatoms. The van der Waals surface area contributed by atoms with Crippen LogP contribution in [0, 0.1) is 0 Å². The molecule has 0 aliphatic carbocycles. The molecule has 0 unspecified atom stereocenters. The van der Waals surface area contributed by atoms with Gasteiger partial charge in [-0.1, -0.05) is 0 Å². The van der Waals surface area contributed by atoms with Crippen molar-refractivity contribution in [2.75, 3.05) is 5.32 Å². The van der Waals surface area contributed by atoms with E-state index in [4.69, 9.17) is 4.84 Å². The van der Waals surface area contributed by atoms with Gasteiger partial charge in [-0.2, -0.15) is 18.3 Å². The smallest absolute Gasteiger partial charge is 0.289 e. The summed E-state index contributed by atoms with van der Waals surface area (Å²) in [5.41, 5.74) is 1.53. The molecule has 19 heavy (non-hydrogen) atoms. The summed E-state index contributed by atoms with van der Waals surface area (Å²) in [6.45, 7) is 3.97. The molecule has 1 heterocycles. The zero-order valence-corrected chi connectivity index (χ0v) is 10.7. The van der Waals surface area contributed by atoms with Crippen LogP contribution in [0.15, 0.2) is 12.3 Å². The fourth-order valence-electron chi connectivity index (χ4n) is 1.04. The second-order valence-electron chi connectivity index (χ2n) is 4.78. The number of urea groups is 1. The molecule has 1 rings (SSSR count). The molecule has 0 fully saturated rings. The van der Waals surface area contributed by atoms with Gasteiger partial charge in [0, 0.05) is 12.3 Å². The summed E-state index contributed by atoms with van der Waals surface area (Å²) in [6, 6.07) is 0.537. The molecule has 2 N–H and O–H groups in total. The van der Waals surface area contributed by atoms with Gasteiger partial charge in [0.05, 0.1) is 5.60 Å². The molecule has 0 aliphatic heterocycles. The van der Waals surface area contributed by atoms with Gasteiger partial charge in [0.1, 0.15) is 6.54 Å². The fraction of sp³-hybridized carbons (Fsp3) is 0.600. The van der Waals surface area contributed by atoms with Gasteiger partial charge in [-0.3, -0.25) is 14.8 Å². The van der Waals surface area contributed by atoms with E-state index in [-0.39, 0.29) is 5.82 Å². The van der Waals surface area contributed by atoms with E-state index in [2.05, 4.69) is 15.9 Å². The number of hydroxylamine groups is 1. The lowest BCUT2D eigenvalue weighted by molar-refractivity contribution is -0.142. The van der Waals surface area contributed by atoms with Crippen LogP contribution in [-0.2, 0) is 11.4 Å². The minimum atomic E-state index is -4.36. The molecule has 2 amide bonds. The van der Waals surface area contributed by atoms with Crippen LogP contribution < -0.4 is 10.8 Å². The molecule has 0 bridgehead atoms. The quantitative estimate of drug-likeness (QED) is 0.835. The highest BCUT2D eigenvalue weighted by Crippen LogP contribution is 2.17. The first-order chi connectivity index (χ1) is 8.55. The van der Waals surface area contributed by atoms with Crippen LogP contribution in [0.25, 0.3) is 0 Å². The first-order valence-electron chi connectivity index (χ1n) is 5.40. The van der Waals surface area contributed by atoms with Crippen molar-refractivity contribution in [1.82, 2.24) is 15.3 Å². The lowest BCUT2D eigenvalue weighted by Crippen LogP contribution is -2.36. The summed E-state index contributed by atoms with van der Waals surface area (Å²) >= 11 is 0. The summed E-state index contributed by atoms with van der Waals surface area (Å²) in [4.78, 5) is 16.3. The highest BCUT2D eigenvalue weighted by molar-refractivity contribution is 5.87. The number of nitrogens with zero attached hydrogens (tertiary/aromatic N) is 2. The number of halogens is 3. The molecule has 6 nitrogen and oxygen atoms in total. The Bertz CT molecular complexity index is 437. The van der Waals surface area contributed by atoms with Gasteiger partial charge in [0.2, 0.25) is 0 Å². The van der Waals surface area contributed by atoms with E-state index in [0.29, 0.717) is 4.68 Å². The summed E-state index contributed by atoms with van der Waals surface area (Å²) in [6.07, 6.45) is -3.24. The highest BCUT2D eigenvalue weighted by Gasteiger charge is 2.28. The summed E-state index contributed by atoms with van der Waals surface area (Å²) in [5, 5.41) is 5.80. The van der Waals surface area contributed by atoms with Gasteiger partial charge in [-0.25, -0.2) is 10.3 Å². The Morgan fingerprint density at radius 3 is 2.58 bits per heavy atom. The molecule has 0 saturated carbocycles. The maximum absolute atomic E-state index is 12.1. The first kappa shape index (κ1) is 15.3. The van der Waals surface area contributed by atoms with Crippen molar-refractivity contribution in [3.05, 3.63) is 12.3 Å². The second-order valence-corrected chi connectivity index (χ2v) is 4.78. The number of hydrogen-bond acceptors (Lipinski definition) is 3. The Kier molecular flexibility index (Phi) is 4.40. The van der Waals surface area contributed by atoms with Crippen molar-refractivity contribution < 1.29 is 22.8 Å². The van der Waals surface area contributed by atoms with Gasteiger partial charge >= 0.3 is 12.2 Å². The van der Waals surface area contributed by atoms with Crippen LogP contribution in [0.3, 0.4) is 0 Å². The largest absolute Gasteiger partial charge is 0.408 e. The number of nitrogens with one attached hydrogen (secondary N) is 2. The molecule has 1 aromatic heterocycles. The van der Waals surface area contributed by atoms with Crippen molar-refractivity contribution in [2.45, 2.75) is 39.1 Å². The van der Waals surface area contributed by atoms with Crippen LogP contribution in [0.5, 0.6) is 0 Å². The Balaban J connectivity index is 2.47. The number of aromatic nitrogens is 2. The maximum atomic E-state index is 12.1. The average molecular weight is 280 g/mol. The molecule has 0 radical (unpaired) electrons. The minimum absolute atomic E-state index is 0.000686. The van der Waals surface area contributed by atoms with Crippen molar-refractivity contribution >= 4 is 11.8 Å². The topological polar surface area (TPSA) is 68.2 Å². The molecule has 0 atom stereocenters. The van der Waals surface area contributed by atoms with E-state index in [1.807, 2.05) is 0 Å². The monoisotopic (exact) mass is 280 g/mol. The molecule has 0 aromatic carbocycles. The zero-order valence-electron chi connectivity index (χ0n) is 10.7. The minimum Gasteiger partial charge on any atom is -0.289 e. The van der Waals surface area contributed by atoms with Crippen LogP contribution in [0.1, 0.15) is 20.8 Å². The predicted octanol–water partition coefficient (Wildman–Crippen LogP) is 2.30. The first-order valence-corrected chi connectivity index (χ1v) is 5.40. The number of carbonyl (C=O) groups excluding carboxylic acids is 1. The number of rotatable bonds is 3. The summed E-state index contributed by atoms with van der Waals surface area (Å²) < 4.78 is 36.9. The Labute approximate surface area is 107 Å². The van der Waals surface area contributed by atoms with Gasteiger partial charge < -0.3 is 0 Å². The molecule has 1 aromatic rings. The standard InChI is InChI=1S/C10H15F3N4O2/c1-9(2,3)19-16-8(18)14-7-4-5-17(15-7)6-10(11,12)13/h4-5H,6H2,1-3H3,(H2,14,15,16,18). The third kappa shape index (κ3) is 6.65. The van der Waals surface area contributed by atoms with E-state index < -0.39 is 24.4 Å². The number of alkyl halides is 3. The second kappa shape index (κ2) is 5.47. The maximum Gasteiger partial charge on any atom is 0.408 e. The third-order valence-electron chi connectivity index (χ3n) is 1.67. The Morgan fingerprint density at radius 2 is 2.05 bits per heavy atom. The number of carbonyl (C=O) groups is 1. The van der Waals surface area contributed by atoms with Gasteiger partial charge in [-0.05, 0) is 20.8 Å². The lowest BCUT2D eigenvalue weighted by atomic mass is 10.2. The van der Waals surface area contributed by atoms with Gasteiger partial charge in [0.25, 0.3) is 0 Å². The Morgan fingerprint density at radius 1 is 1.42 bits per heavy atom. The number of anilines is 1. The molecular formula is C10H15F3N4O2. The fourth-order valence-corrected chi connectivity index (χ4v) is 1.04. The van der Waals surface area contributed by atoms with E-state index in [1.165, 1.54) is 6.07 Å². The molecule has 108 valence electrons. The van der Waals surface area contributed by atoms with E-state index in [9.17, 15) is 18.0 Å². The normalized spacial score (nSPS) is 12.3. The predicted molar refractivity (Wildman–Crippen MR) is 61.3 cm³/mol. The van der Waals surface area contributed by atoms with Crippen molar-refractivity contribution in [2.24, 2.45) is 0 Å². The number of amides is 2. The lowest BCUT2D eigenvalue weighted by Gasteiger charge is -2.18. The Hall–Kier alpha value is -1.77. The summed E-state index contributed by atoms with van der Waals surface area (Å²) in [7, 11) is 0. The molecule has 0 spiro atoms. The molecule has 0 saturated heterocycles. The van der Waals surface area contributed by atoms with Gasteiger partial charge in [0.15, 0.2) is 5.82 Å². The summed E-state index contributed by atoms with van der Waals surface area (Å²) in [5.74, 6) is -0.000686. The van der Waals surface area contributed by atoms with Crippen LogP contribution in [-0.4, -0.2) is 27.6 Å². The van der Waals surface area contributed by atoms with Crippen LogP contribution in [0.4, 0.5) is 23.8 Å². The molecule has 0 aliphatic rings.